The highest BCUT2D eigenvalue weighted by molar-refractivity contribution is 5.16. The third-order valence-electron chi connectivity index (χ3n) is 2.54. The summed E-state index contributed by atoms with van der Waals surface area (Å²) in [5.41, 5.74) is 2.66. The molecule has 1 heterocycles. The van der Waals surface area contributed by atoms with Gasteiger partial charge in [-0.2, -0.15) is 5.48 Å². The second-order valence-electron chi connectivity index (χ2n) is 3.14. The molecule has 2 fully saturated rings. The molecule has 0 bridgehead atoms. The number of nitrogens with one attached hydrogen (secondary N) is 2. The molecule has 0 aromatic carbocycles. The van der Waals surface area contributed by atoms with E-state index in [0.29, 0.717) is 0 Å². The van der Waals surface area contributed by atoms with Crippen LogP contribution >= 0.6 is 0 Å². The largest absolute Gasteiger partial charge is 0.310 e. The molecule has 2 aliphatic rings. The molecule has 2 rings (SSSR count). The molecule has 10 heavy (non-hydrogen) atoms. The fourth-order valence-electron chi connectivity index (χ4n) is 1.82. The molecule has 2 N–H and O–H groups in total. The van der Waals surface area contributed by atoms with Gasteiger partial charge in [0, 0.05) is 5.54 Å². The summed E-state index contributed by atoms with van der Waals surface area (Å²) >= 11 is 0. The predicted octanol–water partition coefficient (Wildman–Crippen LogP) is -0.252. The van der Waals surface area contributed by atoms with Gasteiger partial charge in [-0.3, -0.25) is 0 Å². The van der Waals surface area contributed by atoms with Gasteiger partial charge in [-0.25, -0.2) is 0 Å². The fourth-order valence-corrected chi connectivity index (χ4v) is 1.82. The first kappa shape index (κ1) is 6.54. The van der Waals surface area contributed by atoms with E-state index in [1.165, 1.54) is 12.8 Å². The van der Waals surface area contributed by atoms with E-state index in [1.54, 1.807) is 0 Å². The van der Waals surface area contributed by atoms with Crippen LogP contribution in [-0.2, 0) is 10.2 Å². The quantitative estimate of drug-likeness (QED) is 0.414. The Labute approximate surface area is 59.4 Å². The van der Waals surface area contributed by atoms with E-state index < -0.39 is 0 Å². The molecule has 57 valence electrons. The van der Waals surface area contributed by atoms with Gasteiger partial charge < -0.3 is 5.32 Å². The molecule has 1 aliphatic heterocycles. The van der Waals surface area contributed by atoms with Gasteiger partial charge in [0.25, 0.3) is 0 Å². The van der Waals surface area contributed by atoms with Crippen LogP contribution in [0.2, 0.25) is 0 Å². The van der Waals surface area contributed by atoms with E-state index in [4.69, 9.17) is 0 Å². The number of hydrogen-bond acceptors (Lipinski definition) is 3. The van der Waals surface area contributed by atoms with Gasteiger partial charge in [0.15, 0.2) is 0 Å². The van der Waals surface area contributed by atoms with Crippen LogP contribution in [0.15, 0.2) is 0 Å². The molecule has 4 heteroatoms. The van der Waals surface area contributed by atoms with Crippen molar-refractivity contribution in [3.63, 3.8) is 0 Å². The lowest BCUT2D eigenvalue weighted by Crippen LogP contribution is -2.33. The molecule has 1 radical (unpaired) electrons. The molecule has 4 nitrogen and oxygen atoms in total. The van der Waals surface area contributed by atoms with Crippen molar-refractivity contribution >= 4 is 0 Å². The SMILES string of the molecule is [O]ONC1CC12CCCN2. The first-order chi connectivity index (χ1) is 4.87. The van der Waals surface area contributed by atoms with Crippen LogP contribution in [0.5, 0.6) is 0 Å². The van der Waals surface area contributed by atoms with E-state index in [-0.39, 0.29) is 11.6 Å². The van der Waals surface area contributed by atoms with Crippen LogP contribution in [0, 0.1) is 0 Å². The highest BCUT2D eigenvalue weighted by Crippen LogP contribution is 2.42. The Bertz CT molecular complexity index is 134. The van der Waals surface area contributed by atoms with Gasteiger partial charge in [0.2, 0.25) is 0 Å². The average molecular weight is 143 g/mol. The summed E-state index contributed by atoms with van der Waals surface area (Å²) in [5.74, 6) is 0. The summed E-state index contributed by atoms with van der Waals surface area (Å²) in [5, 5.41) is 13.0. The standard InChI is InChI=1S/C6H11N2O2/c9-10-8-5-4-6(5)2-1-3-7-6/h5,7-8H,1-4H2. The molecule has 1 spiro atoms. The summed E-state index contributed by atoms with van der Waals surface area (Å²) in [7, 11) is 0. The maximum atomic E-state index is 9.68. The van der Waals surface area contributed by atoms with Crippen LogP contribution in [0.4, 0.5) is 0 Å². The molecule has 1 saturated carbocycles. The molecule has 1 saturated heterocycles. The van der Waals surface area contributed by atoms with Crippen molar-refractivity contribution in [3.05, 3.63) is 0 Å². The Morgan fingerprint density at radius 3 is 3.20 bits per heavy atom. The van der Waals surface area contributed by atoms with Crippen LogP contribution in [-0.4, -0.2) is 18.1 Å². The zero-order chi connectivity index (χ0) is 7.03. The van der Waals surface area contributed by atoms with Crippen LogP contribution in [0.3, 0.4) is 0 Å². The van der Waals surface area contributed by atoms with Gasteiger partial charge >= 0.3 is 0 Å². The van der Waals surface area contributed by atoms with Crippen molar-refractivity contribution in [1.29, 1.82) is 0 Å². The topological polar surface area (TPSA) is 53.2 Å². The van der Waals surface area contributed by atoms with Crippen LogP contribution in [0.1, 0.15) is 19.3 Å². The third-order valence-corrected chi connectivity index (χ3v) is 2.54. The Balaban J connectivity index is 1.86. The zero-order valence-electron chi connectivity index (χ0n) is 5.72. The Morgan fingerprint density at radius 1 is 1.70 bits per heavy atom. The van der Waals surface area contributed by atoms with Crippen LogP contribution < -0.4 is 10.8 Å². The molecule has 0 aromatic heterocycles. The zero-order valence-corrected chi connectivity index (χ0v) is 5.72. The molecular weight excluding hydrogens is 132 g/mol. The minimum Gasteiger partial charge on any atom is -0.310 e. The first-order valence-corrected chi connectivity index (χ1v) is 3.67. The summed E-state index contributed by atoms with van der Waals surface area (Å²) in [4.78, 5) is 3.61. The smallest absolute Gasteiger partial charge is 0.0553 e. The molecule has 2 unspecified atom stereocenters. The Morgan fingerprint density at radius 2 is 2.60 bits per heavy atom. The second kappa shape index (κ2) is 2.17. The number of hydrogen-bond donors (Lipinski definition) is 2. The summed E-state index contributed by atoms with van der Waals surface area (Å²) in [6.07, 6.45) is 3.43. The van der Waals surface area contributed by atoms with Crippen molar-refractivity contribution in [3.8, 4) is 0 Å². The summed E-state index contributed by atoms with van der Waals surface area (Å²) < 4.78 is 0. The van der Waals surface area contributed by atoms with Gasteiger partial charge in [-0.1, -0.05) is 0 Å². The molecule has 0 aromatic rings. The maximum absolute atomic E-state index is 9.68. The van der Waals surface area contributed by atoms with Crippen molar-refractivity contribution in [2.24, 2.45) is 0 Å². The summed E-state index contributed by atoms with van der Waals surface area (Å²) in [6, 6.07) is 0.257. The Kier molecular flexibility index (Phi) is 1.42. The Hall–Kier alpha value is -0.160. The van der Waals surface area contributed by atoms with Gasteiger partial charge in [0.1, 0.15) is 0 Å². The van der Waals surface area contributed by atoms with Crippen molar-refractivity contribution in [2.45, 2.75) is 30.8 Å². The van der Waals surface area contributed by atoms with E-state index >= 15 is 0 Å². The second-order valence-corrected chi connectivity index (χ2v) is 3.14. The molecular formula is C6H11N2O2. The monoisotopic (exact) mass is 143 g/mol. The lowest BCUT2D eigenvalue weighted by molar-refractivity contribution is -0.350. The first-order valence-electron chi connectivity index (χ1n) is 3.67. The van der Waals surface area contributed by atoms with Gasteiger partial charge in [-0.15, -0.1) is 4.99 Å². The third kappa shape index (κ3) is 0.845. The summed E-state index contributed by atoms with van der Waals surface area (Å²) in [6.45, 7) is 1.08. The highest BCUT2D eigenvalue weighted by atomic mass is 17.2. The average Bonchev–Trinajstić information content (AvgIpc) is 2.43. The maximum Gasteiger partial charge on any atom is 0.0553 e. The van der Waals surface area contributed by atoms with Crippen molar-refractivity contribution in [2.75, 3.05) is 6.54 Å². The minimum atomic E-state index is 0.227. The predicted molar refractivity (Wildman–Crippen MR) is 33.3 cm³/mol. The minimum absolute atomic E-state index is 0.227. The van der Waals surface area contributed by atoms with Gasteiger partial charge in [-0.05, 0) is 31.1 Å². The lowest BCUT2D eigenvalue weighted by Gasteiger charge is -2.06. The van der Waals surface area contributed by atoms with Crippen molar-refractivity contribution in [1.82, 2.24) is 10.8 Å². The van der Waals surface area contributed by atoms with E-state index in [2.05, 4.69) is 15.8 Å². The van der Waals surface area contributed by atoms with E-state index in [9.17, 15) is 5.26 Å². The normalized spacial score (nSPS) is 44.7. The van der Waals surface area contributed by atoms with E-state index in [1.807, 2.05) is 0 Å². The van der Waals surface area contributed by atoms with Crippen molar-refractivity contribution < 1.29 is 10.2 Å². The number of hydroxylamine groups is 1. The van der Waals surface area contributed by atoms with E-state index in [0.717, 1.165) is 13.0 Å². The molecule has 1 aliphatic carbocycles. The lowest BCUT2D eigenvalue weighted by atomic mass is 10.2. The molecule has 2 atom stereocenters. The highest BCUT2D eigenvalue weighted by Gasteiger charge is 2.55. The van der Waals surface area contributed by atoms with Gasteiger partial charge in [0.05, 0.1) is 6.04 Å². The fraction of sp³-hybridized carbons (Fsp3) is 1.00. The van der Waals surface area contributed by atoms with Crippen LogP contribution in [0.25, 0.3) is 0 Å². The molecule has 0 amide bonds. The number of rotatable bonds is 2.